The molecule has 0 radical (unpaired) electrons. The number of anilines is 2. The Labute approximate surface area is 135 Å². The molecular weight excluding hydrogens is 290 g/mol. The molecule has 0 spiro atoms. The molecule has 3 rings (SSSR count). The molecule has 23 heavy (non-hydrogen) atoms. The Kier molecular flexibility index (Phi) is 4.71. The first-order valence-corrected chi connectivity index (χ1v) is 7.94. The zero-order valence-corrected chi connectivity index (χ0v) is 13.2. The summed E-state index contributed by atoms with van der Waals surface area (Å²) in [4.78, 5) is 13.8. The molecular formula is C17H21N5O. The molecule has 0 bridgehead atoms. The van der Waals surface area contributed by atoms with E-state index in [2.05, 4.69) is 44.8 Å². The van der Waals surface area contributed by atoms with Gasteiger partial charge in [0.2, 0.25) is 0 Å². The van der Waals surface area contributed by atoms with Gasteiger partial charge in [0.15, 0.2) is 11.6 Å². The van der Waals surface area contributed by atoms with Gasteiger partial charge in [-0.3, -0.25) is 5.32 Å². The predicted molar refractivity (Wildman–Crippen MR) is 90.4 cm³/mol. The second-order valence-electron chi connectivity index (χ2n) is 5.65. The lowest BCUT2D eigenvalue weighted by Crippen LogP contribution is -2.31. The van der Waals surface area contributed by atoms with Gasteiger partial charge in [0, 0.05) is 19.1 Å². The normalized spacial score (nSPS) is 13.4. The van der Waals surface area contributed by atoms with Crippen LogP contribution in [0.25, 0.3) is 0 Å². The van der Waals surface area contributed by atoms with Crippen molar-refractivity contribution in [1.82, 2.24) is 15.5 Å². The lowest BCUT2D eigenvalue weighted by molar-refractivity contribution is 0.251. The maximum atomic E-state index is 11.7. The van der Waals surface area contributed by atoms with E-state index in [1.165, 1.54) is 5.56 Å². The predicted octanol–water partition coefficient (Wildman–Crippen LogP) is 2.79. The lowest BCUT2D eigenvalue weighted by atomic mass is 10.2. The van der Waals surface area contributed by atoms with E-state index < -0.39 is 0 Å². The van der Waals surface area contributed by atoms with Crippen LogP contribution in [0, 0.1) is 0 Å². The fourth-order valence-corrected chi connectivity index (χ4v) is 2.28. The highest BCUT2D eigenvalue weighted by Crippen LogP contribution is 2.19. The van der Waals surface area contributed by atoms with Crippen molar-refractivity contribution in [2.24, 2.45) is 0 Å². The van der Waals surface area contributed by atoms with E-state index in [1.54, 1.807) is 6.07 Å². The number of hydrogen-bond donors (Lipinski definition) is 2. The number of amides is 2. The summed E-state index contributed by atoms with van der Waals surface area (Å²) in [6.45, 7) is 3.69. The highest BCUT2D eigenvalue weighted by Gasteiger charge is 2.23. The van der Waals surface area contributed by atoms with Crippen LogP contribution in [-0.4, -0.2) is 28.8 Å². The van der Waals surface area contributed by atoms with Gasteiger partial charge in [0.25, 0.3) is 0 Å². The summed E-state index contributed by atoms with van der Waals surface area (Å²) in [5.74, 6) is 1.26. The van der Waals surface area contributed by atoms with Crippen molar-refractivity contribution in [3.8, 4) is 0 Å². The maximum absolute atomic E-state index is 11.7. The Bertz CT molecular complexity index is 640. The molecule has 6 heteroatoms. The molecule has 1 saturated carbocycles. The smallest absolute Gasteiger partial charge is 0.320 e. The standard InChI is InChI=1S/C17H21N5O/c1-2-22(12-13-6-4-3-5-7-13)16-11-10-15(20-21-16)19-17(23)18-14-8-9-14/h3-7,10-11,14H,2,8-9,12H2,1H3,(H2,18,19,20,23). The summed E-state index contributed by atoms with van der Waals surface area (Å²) in [5, 5.41) is 13.9. The molecule has 0 atom stereocenters. The highest BCUT2D eigenvalue weighted by atomic mass is 16.2. The quantitative estimate of drug-likeness (QED) is 0.860. The van der Waals surface area contributed by atoms with Crippen molar-refractivity contribution < 1.29 is 4.79 Å². The molecule has 1 fully saturated rings. The number of rotatable bonds is 6. The SMILES string of the molecule is CCN(Cc1ccccc1)c1ccc(NC(=O)NC2CC2)nn1. The van der Waals surface area contributed by atoms with Crippen molar-refractivity contribution in [2.75, 3.05) is 16.8 Å². The van der Waals surface area contributed by atoms with Gasteiger partial charge in [-0.05, 0) is 37.5 Å². The topological polar surface area (TPSA) is 70.2 Å². The van der Waals surface area contributed by atoms with Crippen LogP contribution in [0.5, 0.6) is 0 Å². The highest BCUT2D eigenvalue weighted by molar-refractivity contribution is 5.88. The maximum Gasteiger partial charge on any atom is 0.320 e. The first-order chi connectivity index (χ1) is 11.2. The number of carbonyl (C=O) groups excluding carboxylic acids is 1. The van der Waals surface area contributed by atoms with Crippen LogP contribution in [0.2, 0.25) is 0 Å². The van der Waals surface area contributed by atoms with Crippen LogP contribution in [-0.2, 0) is 6.54 Å². The van der Waals surface area contributed by atoms with E-state index in [4.69, 9.17) is 0 Å². The van der Waals surface area contributed by atoms with Crippen molar-refractivity contribution in [2.45, 2.75) is 32.4 Å². The first-order valence-electron chi connectivity index (χ1n) is 7.94. The fraction of sp³-hybridized carbons (Fsp3) is 0.353. The zero-order chi connectivity index (χ0) is 16.1. The summed E-state index contributed by atoms with van der Waals surface area (Å²) in [6.07, 6.45) is 2.12. The van der Waals surface area contributed by atoms with Gasteiger partial charge in [0.1, 0.15) is 0 Å². The van der Waals surface area contributed by atoms with Crippen molar-refractivity contribution >= 4 is 17.7 Å². The molecule has 0 unspecified atom stereocenters. The minimum absolute atomic E-state index is 0.216. The summed E-state index contributed by atoms with van der Waals surface area (Å²) >= 11 is 0. The van der Waals surface area contributed by atoms with Crippen LogP contribution >= 0.6 is 0 Å². The lowest BCUT2D eigenvalue weighted by Gasteiger charge is -2.21. The number of benzene rings is 1. The first kappa shape index (κ1) is 15.3. The Morgan fingerprint density at radius 2 is 1.96 bits per heavy atom. The Morgan fingerprint density at radius 1 is 1.17 bits per heavy atom. The van der Waals surface area contributed by atoms with E-state index in [1.807, 2.05) is 24.3 Å². The third-order valence-electron chi connectivity index (χ3n) is 3.73. The minimum atomic E-state index is -0.216. The molecule has 1 aliphatic rings. The monoisotopic (exact) mass is 311 g/mol. The van der Waals surface area contributed by atoms with Gasteiger partial charge < -0.3 is 10.2 Å². The summed E-state index contributed by atoms with van der Waals surface area (Å²) in [7, 11) is 0. The van der Waals surface area contributed by atoms with Gasteiger partial charge in [-0.1, -0.05) is 30.3 Å². The van der Waals surface area contributed by atoms with Crippen LogP contribution in [0.4, 0.5) is 16.4 Å². The van der Waals surface area contributed by atoms with Gasteiger partial charge in [-0.15, -0.1) is 10.2 Å². The summed E-state index contributed by atoms with van der Waals surface area (Å²) in [6, 6.07) is 14.0. The number of carbonyl (C=O) groups is 1. The molecule has 6 nitrogen and oxygen atoms in total. The van der Waals surface area contributed by atoms with Crippen LogP contribution in [0.3, 0.4) is 0 Å². The van der Waals surface area contributed by atoms with E-state index in [9.17, 15) is 4.79 Å². The second kappa shape index (κ2) is 7.09. The van der Waals surface area contributed by atoms with E-state index in [0.717, 1.165) is 31.7 Å². The number of hydrogen-bond acceptors (Lipinski definition) is 4. The van der Waals surface area contributed by atoms with E-state index in [0.29, 0.717) is 11.9 Å². The Balaban J connectivity index is 1.61. The largest absolute Gasteiger partial charge is 0.351 e. The van der Waals surface area contributed by atoms with Crippen molar-refractivity contribution in [3.05, 3.63) is 48.0 Å². The third-order valence-corrected chi connectivity index (χ3v) is 3.73. The molecule has 0 aliphatic heterocycles. The van der Waals surface area contributed by atoms with Crippen molar-refractivity contribution in [3.63, 3.8) is 0 Å². The average molecular weight is 311 g/mol. The van der Waals surface area contributed by atoms with Crippen molar-refractivity contribution in [1.29, 1.82) is 0 Å². The van der Waals surface area contributed by atoms with Gasteiger partial charge >= 0.3 is 6.03 Å². The molecule has 1 aromatic heterocycles. The number of urea groups is 1. The molecule has 1 aliphatic carbocycles. The molecule has 2 N–H and O–H groups in total. The number of nitrogens with one attached hydrogen (secondary N) is 2. The number of nitrogens with zero attached hydrogens (tertiary/aromatic N) is 3. The fourth-order valence-electron chi connectivity index (χ4n) is 2.28. The van der Waals surface area contributed by atoms with Gasteiger partial charge in [0.05, 0.1) is 0 Å². The van der Waals surface area contributed by atoms with Crippen LogP contribution < -0.4 is 15.5 Å². The third kappa shape index (κ3) is 4.42. The molecule has 2 aromatic rings. The van der Waals surface area contributed by atoms with Gasteiger partial charge in [-0.25, -0.2) is 4.79 Å². The Morgan fingerprint density at radius 3 is 2.57 bits per heavy atom. The number of aromatic nitrogens is 2. The average Bonchev–Trinajstić information content (AvgIpc) is 3.38. The summed E-state index contributed by atoms with van der Waals surface area (Å²) < 4.78 is 0. The van der Waals surface area contributed by atoms with Crippen LogP contribution in [0.15, 0.2) is 42.5 Å². The van der Waals surface area contributed by atoms with E-state index >= 15 is 0 Å². The molecule has 120 valence electrons. The minimum Gasteiger partial charge on any atom is -0.351 e. The Hall–Kier alpha value is -2.63. The molecule has 0 saturated heterocycles. The molecule has 2 amide bonds. The zero-order valence-electron chi connectivity index (χ0n) is 13.2. The van der Waals surface area contributed by atoms with E-state index in [-0.39, 0.29) is 6.03 Å². The molecule has 1 heterocycles. The summed E-state index contributed by atoms with van der Waals surface area (Å²) in [5.41, 5.74) is 1.22. The van der Waals surface area contributed by atoms with Gasteiger partial charge in [-0.2, -0.15) is 0 Å². The van der Waals surface area contributed by atoms with Crippen LogP contribution in [0.1, 0.15) is 25.3 Å². The second-order valence-corrected chi connectivity index (χ2v) is 5.65. The molecule has 1 aromatic carbocycles.